The van der Waals surface area contributed by atoms with Crippen molar-refractivity contribution in [2.24, 2.45) is 0 Å². The standard InChI is InChI=1S/C26H24FNO5/c1-31-21-12-7-19(8-13-21)26(20-9-14-22(32-2)15-10-20)28-24(29)17-33-25(30)16-11-18-5-3-4-6-23(18)27/h3-16,26H,17H2,1-2H3,(H,28,29)/b16-11+. The number of amides is 1. The Balaban J connectivity index is 1.67. The summed E-state index contributed by atoms with van der Waals surface area (Å²) in [6, 6.07) is 20.1. The van der Waals surface area contributed by atoms with E-state index in [2.05, 4.69) is 5.32 Å². The van der Waals surface area contributed by atoms with Crippen LogP contribution in [0.1, 0.15) is 22.7 Å². The minimum absolute atomic E-state index is 0.248. The van der Waals surface area contributed by atoms with Crippen LogP contribution in [0, 0.1) is 5.82 Å². The van der Waals surface area contributed by atoms with Gasteiger partial charge in [0.15, 0.2) is 6.61 Å². The molecule has 0 unspecified atom stereocenters. The van der Waals surface area contributed by atoms with E-state index < -0.39 is 30.3 Å². The van der Waals surface area contributed by atoms with Gasteiger partial charge in [0.25, 0.3) is 5.91 Å². The number of benzene rings is 3. The van der Waals surface area contributed by atoms with Crippen molar-refractivity contribution in [3.05, 3.63) is 101 Å². The van der Waals surface area contributed by atoms with Gasteiger partial charge in [0.2, 0.25) is 0 Å². The highest BCUT2D eigenvalue weighted by Crippen LogP contribution is 2.26. The van der Waals surface area contributed by atoms with Gasteiger partial charge in [0.05, 0.1) is 20.3 Å². The van der Waals surface area contributed by atoms with Gasteiger partial charge in [-0.25, -0.2) is 9.18 Å². The van der Waals surface area contributed by atoms with Crippen LogP contribution in [0.4, 0.5) is 4.39 Å². The van der Waals surface area contributed by atoms with Gasteiger partial charge >= 0.3 is 5.97 Å². The third kappa shape index (κ3) is 6.67. The van der Waals surface area contributed by atoms with Crippen molar-refractivity contribution in [3.8, 4) is 11.5 Å². The minimum atomic E-state index is -0.751. The molecule has 0 aliphatic heterocycles. The predicted molar refractivity (Wildman–Crippen MR) is 122 cm³/mol. The molecule has 7 heteroatoms. The Hall–Kier alpha value is -4.13. The number of rotatable bonds is 9. The lowest BCUT2D eigenvalue weighted by Crippen LogP contribution is -2.33. The molecule has 0 saturated heterocycles. The summed E-state index contributed by atoms with van der Waals surface area (Å²) in [6.45, 7) is -0.483. The summed E-state index contributed by atoms with van der Waals surface area (Å²) in [7, 11) is 3.15. The number of ether oxygens (including phenoxy) is 3. The highest BCUT2D eigenvalue weighted by atomic mass is 19.1. The molecular formula is C26H24FNO5. The number of nitrogens with one attached hydrogen (secondary N) is 1. The Bertz CT molecular complexity index is 1060. The van der Waals surface area contributed by atoms with E-state index in [1.165, 1.54) is 18.2 Å². The van der Waals surface area contributed by atoms with E-state index in [-0.39, 0.29) is 5.56 Å². The van der Waals surface area contributed by atoms with Gasteiger partial charge < -0.3 is 19.5 Å². The number of hydrogen-bond acceptors (Lipinski definition) is 5. The van der Waals surface area contributed by atoms with E-state index >= 15 is 0 Å². The lowest BCUT2D eigenvalue weighted by molar-refractivity contribution is -0.143. The first-order valence-corrected chi connectivity index (χ1v) is 10.2. The largest absolute Gasteiger partial charge is 0.497 e. The molecule has 0 saturated carbocycles. The van der Waals surface area contributed by atoms with Crippen molar-refractivity contribution < 1.29 is 28.2 Å². The van der Waals surface area contributed by atoms with Gasteiger partial charge in [-0.1, -0.05) is 42.5 Å². The molecule has 0 spiro atoms. The molecule has 6 nitrogen and oxygen atoms in total. The smallest absolute Gasteiger partial charge is 0.331 e. The van der Waals surface area contributed by atoms with Crippen LogP contribution in [0.2, 0.25) is 0 Å². The average molecular weight is 449 g/mol. The number of methoxy groups -OCH3 is 2. The number of hydrogen-bond donors (Lipinski definition) is 1. The Morgan fingerprint density at radius 3 is 1.94 bits per heavy atom. The Morgan fingerprint density at radius 1 is 0.879 bits per heavy atom. The fraction of sp³-hybridized carbons (Fsp3) is 0.154. The van der Waals surface area contributed by atoms with E-state index in [1.807, 2.05) is 24.3 Å². The number of halogens is 1. The lowest BCUT2D eigenvalue weighted by Gasteiger charge is -2.20. The summed E-state index contributed by atoms with van der Waals surface area (Å²) in [5, 5.41) is 2.88. The van der Waals surface area contributed by atoms with Crippen molar-refractivity contribution in [1.82, 2.24) is 5.32 Å². The van der Waals surface area contributed by atoms with E-state index in [9.17, 15) is 14.0 Å². The molecule has 0 fully saturated rings. The van der Waals surface area contributed by atoms with Crippen LogP contribution in [0.5, 0.6) is 11.5 Å². The van der Waals surface area contributed by atoms with Crippen LogP contribution in [-0.4, -0.2) is 32.7 Å². The fourth-order valence-electron chi connectivity index (χ4n) is 3.11. The number of carbonyl (C=O) groups excluding carboxylic acids is 2. The first kappa shape index (κ1) is 23.5. The molecule has 0 radical (unpaired) electrons. The first-order chi connectivity index (χ1) is 16.0. The molecule has 1 N–H and O–H groups in total. The molecule has 170 valence electrons. The third-order valence-electron chi connectivity index (χ3n) is 4.85. The van der Waals surface area contributed by atoms with Crippen LogP contribution in [0.3, 0.4) is 0 Å². The Kier molecular flexibility index (Phi) is 8.18. The molecule has 0 heterocycles. The predicted octanol–water partition coefficient (Wildman–Crippen LogP) is 4.31. The summed E-state index contributed by atoms with van der Waals surface area (Å²) in [5.41, 5.74) is 1.89. The summed E-state index contributed by atoms with van der Waals surface area (Å²) in [6.07, 6.45) is 2.38. The van der Waals surface area contributed by atoms with Crippen molar-refractivity contribution in [1.29, 1.82) is 0 Å². The van der Waals surface area contributed by atoms with Crippen molar-refractivity contribution in [2.75, 3.05) is 20.8 Å². The zero-order valence-electron chi connectivity index (χ0n) is 18.3. The van der Waals surface area contributed by atoms with Gasteiger partial charge in [-0.2, -0.15) is 0 Å². The van der Waals surface area contributed by atoms with Crippen LogP contribution >= 0.6 is 0 Å². The molecule has 0 aliphatic carbocycles. The summed E-state index contributed by atoms with van der Waals surface area (Å²) in [5.74, 6) is -0.317. The molecule has 0 aliphatic rings. The second-order valence-corrected chi connectivity index (χ2v) is 7.01. The van der Waals surface area contributed by atoms with E-state index in [4.69, 9.17) is 14.2 Å². The van der Waals surface area contributed by atoms with Crippen LogP contribution < -0.4 is 14.8 Å². The normalized spacial score (nSPS) is 10.8. The molecule has 1 amide bonds. The molecule has 33 heavy (non-hydrogen) atoms. The van der Waals surface area contributed by atoms with Gasteiger partial charge in [0, 0.05) is 11.6 Å². The highest BCUT2D eigenvalue weighted by Gasteiger charge is 2.18. The molecular weight excluding hydrogens is 425 g/mol. The van der Waals surface area contributed by atoms with Crippen LogP contribution in [0.25, 0.3) is 6.08 Å². The maximum atomic E-state index is 13.6. The van der Waals surface area contributed by atoms with Crippen molar-refractivity contribution >= 4 is 18.0 Å². The topological polar surface area (TPSA) is 73.9 Å². The number of carbonyl (C=O) groups is 2. The zero-order valence-corrected chi connectivity index (χ0v) is 18.3. The van der Waals surface area contributed by atoms with Gasteiger partial charge in [-0.3, -0.25) is 4.79 Å². The monoisotopic (exact) mass is 449 g/mol. The maximum absolute atomic E-state index is 13.6. The van der Waals surface area contributed by atoms with Gasteiger partial charge in [0.1, 0.15) is 17.3 Å². The average Bonchev–Trinajstić information content (AvgIpc) is 2.85. The minimum Gasteiger partial charge on any atom is -0.497 e. The molecule has 0 aromatic heterocycles. The molecule has 0 bridgehead atoms. The third-order valence-corrected chi connectivity index (χ3v) is 4.85. The Morgan fingerprint density at radius 2 is 1.42 bits per heavy atom. The van der Waals surface area contributed by atoms with Crippen molar-refractivity contribution in [3.63, 3.8) is 0 Å². The molecule has 3 aromatic carbocycles. The molecule has 3 aromatic rings. The second kappa shape index (κ2) is 11.5. The van der Waals surface area contributed by atoms with Gasteiger partial charge in [-0.05, 0) is 47.5 Å². The van der Waals surface area contributed by atoms with Crippen LogP contribution in [-0.2, 0) is 14.3 Å². The maximum Gasteiger partial charge on any atom is 0.331 e. The van der Waals surface area contributed by atoms with E-state index in [0.29, 0.717) is 11.5 Å². The molecule has 0 atom stereocenters. The first-order valence-electron chi connectivity index (χ1n) is 10.2. The van der Waals surface area contributed by atoms with Crippen LogP contribution in [0.15, 0.2) is 78.9 Å². The summed E-state index contributed by atoms with van der Waals surface area (Å²) in [4.78, 5) is 24.5. The van der Waals surface area contributed by atoms with E-state index in [0.717, 1.165) is 17.2 Å². The van der Waals surface area contributed by atoms with Gasteiger partial charge in [-0.15, -0.1) is 0 Å². The summed E-state index contributed by atoms with van der Waals surface area (Å²) >= 11 is 0. The fourth-order valence-corrected chi connectivity index (χ4v) is 3.11. The summed E-state index contributed by atoms with van der Waals surface area (Å²) < 4.78 is 29.0. The highest BCUT2D eigenvalue weighted by molar-refractivity contribution is 5.89. The second-order valence-electron chi connectivity index (χ2n) is 7.01. The molecule has 3 rings (SSSR count). The Labute approximate surface area is 191 Å². The lowest BCUT2D eigenvalue weighted by atomic mass is 9.98. The zero-order chi connectivity index (χ0) is 23.6. The SMILES string of the molecule is COc1ccc(C(NC(=O)COC(=O)/C=C/c2ccccc2F)c2ccc(OC)cc2)cc1. The van der Waals surface area contributed by atoms with Crippen molar-refractivity contribution in [2.45, 2.75) is 6.04 Å². The number of esters is 1. The van der Waals surface area contributed by atoms with E-state index in [1.54, 1.807) is 50.6 Å². The quantitative estimate of drug-likeness (QED) is 0.389.